The number of ether oxygens (including phenoxy) is 1. The Hall–Kier alpha value is -4.95. The number of rotatable bonds is 5. The standard InChI is InChI=1S/C36H32N4O/c1-5-28(40-30-15-9-11-17-32(30)41-33-18-12-10-16-31(33)40)21-20-25(3)34-37-35(27-13-7-6-8-14-27)39-36(38-34)29-22-19-24(2)23-26(29)4/h1,6-22,24,26,29H,23H2,2-4H3/b25-20+,28-21+. The second-order valence-electron chi connectivity index (χ2n) is 10.7. The van der Waals surface area contributed by atoms with E-state index in [4.69, 9.17) is 26.1 Å². The van der Waals surface area contributed by atoms with Crippen LogP contribution in [-0.2, 0) is 0 Å². The van der Waals surface area contributed by atoms with Gasteiger partial charge in [-0.1, -0.05) is 92.6 Å². The Morgan fingerprint density at radius 1 is 0.854 bits per heavy atom. The molecule has 0 saturated heterocycles. The average molecular weight is 537 g/mol. The van der Waals surface area contributed by atoms with E-state index in [0.29, 0.717) is 29.2 Å². The maximum Gasteiger partial charge on any atom is 0.163 e. The first kappa shape index (κ1) is 26.3. The van der Waals surface area contributed by atoms with Gasteiger partial charge in [-0.25, -0.2) is 15.0 Å². The summed E-state index contributed by atoms with van der Waals surface area (Å²) in [6, 6.07) is 25.9. The molecule has 0 N–H and O–H groups in total. The Balaban J connectivity index is 1.42. The molecule has 0 spiro atoms. The van der Waals surface area contributed by atoms with Crippen molar-refractivity contribution in [3.05, 3.63) is 121 Å². The van der Waals surface area contributed by atoms with E-state index in [1.54, 1.807) is 0 Å². The van der Waals surface area contributed by atoms with Crippen molar-refractivity contribution in [2.24, 2.45) is 11.8 Å². The number of allylic oxidation sites excluding steroid dienone is 6. The highest BCUT2D eigenvalue weighted by Crippen LogP contribution is 2.48. The lowest BCUT2D eigenvalue weighted by Crippen LogP contribution is -2.20. The fourth-order valence-corrected chi connectivity index (χ4v) is 5.52. The maximum absolute atomic E-state index is 6.15. The van der Waals surface area contributed by atoms with Crippen molar-refractivity contribution in [1.82, 2.24) is 15.0 Å². The van der Waals surface area contributed by atoms with E-state index < -0.39 is 0 Å². The first-order chi connectivity index (χ1) is 20.0. The Morgan fingerprint density at radius 2 is 1.51 bits per heavy atom. The van der Waals surface area contributed by atoms with Crippen LogP contribution in [-0.4, -0.2) is 15.0 Å². The van der Waals surface area contributed by atoms with Crippen molar-refractivity contribution >= 4 is 16.9 Å². The topological polar surface area (TPSA) is 51.1 Å². The van der Waals surface area contributed by atoms with Gasteiger partial charge in [-0.15, -0.1) is 6.42 Å². The zero-order valence-corrected chi connectivity index (χ0v) is 23.5. The predicted octanol–water partition coefficient (Wildman–Crippen LogP) is 8.72. The summed E-state index contributed by atoms with van der Waals surface area (Å²) in [5, 5.41) is 0. The van der Waals surface area contributed by atoms with Crippen molar-refractivity contribution in [1.29, 1.82) is 0 Å². The summed E-state index contributed by atoms with van der Waals surface area (Å²) in [6.45, 7) is 6.55. The molecule has 0 radical (unpaired) electrons. The number of fused-ring (bicyclic) bond motifs is 2. The van der Waals surface area contributed by atoms with Gasteiger partial charge < -0.3 is 4.74 Å². The number of para-hydroxylation sites is 4. The highest BCUT2D eigenvalue weighted by Gasteiger charge is 2.27. The van der Waals surface area contributed by atoms with Crippen molar-refractivity contribution in [2.75, 3.05) is 4.90 Å². The smallest absolute Gasteiger partial charge is 0.163 e. The Kier molecular flexibility index (Phi) is 7.22. The molecule has 41 heavy (non-hydrogen) atoms. The molecule has 3 atom stereocenters. The van der Waals surface area contributed by atoms with Gasteiger partial charge in [0.15, 0.2) is 23.1 Å². The van der Waals surface area contributed by atoms with Crippen molar-refractivity contribution in [3.8, 4) is 35.2 Å². The summed E-state index contributed by atoms with van der Waals surface area (Å²) in [7, 11) is 0. The quantitative estimate of drug-likeness (QED) is 0.145. The molecule has 0 saturated carbocycles. The molecule has 1 aliphatic heterocycles. The van der Waals surface area contributed by atoms with Crippen LogP contribution in [0.2, 0.25) is 0 Å². The summed E-state index contributed by atoms with van der Waals surface area (Å²) in [5.41, 5.74) is 4.33. The Morgan fingerprint density at radius 3 is 2.17 bits per heavy atom. The van der Waals surface area contributed by atoms with E-state index in [2.05, 4.69) is 36.8 Å². The van der Waals surface area contributed by atoms with Crippen molar-refractivity contribution < 1.29 is 4.74 Å². The number of hydrogen-bond acceptors (Lipinski definition) is 5. The van der Waals surface area contributed by atoms with E-state index in [1.165, 1.54) is 0 Å². The summed E-state index contributed by atoms with van der Waals surface area (Å²) >= 11 is 0. The minimum atomic E-state index is 0.140. The molecule has 3 aromatic carbocycles. The monoisotopic (exact) mass is 536 g/mol. The van der Waals surface area contributed by atoms with E-state index in [1.807, 2.05) is 97.9 Å². The van der Waals surface area contributed by atoms with Crippen LogP contribution in [0.15, 0.2) is 109 Å². The Bertz CT molecular complexity index is 1670. The fraction of sp³-hybridized carbons (Fsp3) is 0.194. The van der Waals surface area contributed by atoms with E-state index in [0.717, 1.165) is 46.3 Å². The summed E-state index contributed by atoms with van der Waals surface area (Å²) in [6.07, 6.45) is 15.7. The molecule has 2 heterocycles. The zero-order chi connectivity index (χ0) is 28.3. The lowest BCUT2D eigenvalue weighted by Gasteiger charge is -2.32. The third-order valence-electron chi connectivity index (χ3n) is 7.65. The van der Waals surface area contributed by atoms with Gasteiger partial charge in [-0.3, -0.25) is 4.90 Å². The van der Waals surface area contributed by atoms with Crippen LogP contribution in [0.5, 0.6) is 11.5 Å². The zero-order valence-electron chi connectivity index (χ0n) is 23.5. The molecule has 5 nitrogen and oxygen atoms in total. The molecule has 202 valence electrons. The maximum atomic E-state index is 6.15. The second kappa shape index (κ2) is 11.3. The van der Waals surface area contributed by atoms with E-state index in [9.17, 15) is 0 Å². The van der Waals surface area contributed by atoms with Crippen LogP contribution in [0.3, 0.4) is 0 Å². The van der Waals surface area contributed by atoms with Gasteiger partial charge in [0, 0.05) is 11.5 Å². The van der Waals surface area contributed by atoms with Crippen LogP contribution in [0.25, 0.3) is 17.0 Å². The normalized spacial score (nSPS) is 20.0. The molecule has 1 aliphatic carbocycles. The van der Waals surface area contributed by atoms with Crippen molar-refractivity contribution in [3.63, 3.8) is 0 Å². The molecule has 4 aromatic rings. The van der Waals surface area contributed by atoms with Crippen LogP contribution >= 0.6 is 0 Å². The molecule has 0 fully saturated rings. The van der Waals surface area contributed by atoms with E-state index >= 15 is 0 Å². The number of benzene rings is 3. The summed E-state index contributed by atoms with van der Waals surface area (Å²) < 4.78 is 6.15. The summed E-state index contributed by atoms with van der Waals surface area (Å²) in [4.78, 5) is 16.9. The molecular weight excluding hydrogens is 504 g/mol. The number of aromatic nitrogens is 3. The third kappa shape index (κ3) is 5.29. The molecule has 0 bridgehead atoms. The largest absolute Gasteiger partial charge is 0.453 e. The molecule has 0 amide bonds. The first-order valence-electron chi connectivity index (χ1n) is 14.0. The van der Waals surface area contributed by atoms with Gasteiger partial charge >= 0.3 is 0 Å². The van der Waals surface area contributed by atoms with E-state index in [-0.39, 0.29) is 5.92 Å². The Labute approximate surface area is 242 Å². The van der Waals surface area contributed by atoms with Crippen LogP contribution in [0.1, 0.15) is 44.8 Å². The lowest BCUT2D eigenvalue weighted by molar-refractivity contribution is 0.396. The molecule has 5 heteroatoms. The summed E-state index contributed by atoms with van der Waals surface area (Å²) in [5.74, 6) is 7.66. The van der Waals surface area contributed by atoms with Gasteiger partial charge in [0.25, 0.3) is 0 Å². The van der Waals surface area contributed by atoms with Crippen LogP contribution in [0.4, 0.5) is 11.4 Å². The molecular formula is C36H32N4O. The second-order valence-corrected chi connectivity index (χ2v) is 10.7. The fourth-order valence-electron chi connectivity index (χ4n) is 5.52. The number of nitrogens with zero attached hydrogens (tertiary/aromatic N) is 4. The number of terminal acetylenes is 1. The van der Waals surface area contributed by atoms with Crippen LogP contribution < -0.4 is 9.64 Å². The molecule has 6 rings (SSSR count). The van der Waals surface area contributed by atoms with Gasteiger partial charge in [-0.05, 0) is 61.1 Å². The SMILES string of the molecule is C#C/C(=C\C=C(/C)c1nc(-c2ccccc2)nc(C2C=CC(C)CC2C)n1)N1c2ccccc2Oc2ccccc21. The highest BCUT2D eigenvalue weighted by atomic mass is 16.5. The third-order valence-corrected chi connectivity index (χ3v) is 7.65. The number of hydrogen-bond donors (Lipinski definition) is 0. The molecule has 2 aliphatic rings. The minimum Gasteiger partial charge on any atom is -0.453 e. The minimum absolute atomic E-state index is 0.140. The van der Waals surface area contributed by atoms with Crippen molar-refractivity contribution in [2.45, 2.75) is 33.1 Å². The average Bonchev–Trinajstić information content (AvgIpc) is 3.01. The highest BCUT2D eigenvalue weighted by molar-refractivity contribution is 5.83. The van der Waals surface area contributed by atoms with Gasteiger partial charge in [0.1, 0.15) is 5.82 Å². The first-order valence-corrected chi connectivity index (χ1v) is 14.0. The molecule has 1 aromatic heterocycles. The van der Waals surface area contributed by atoms with Gasteiger partial charge in [0.05, 0.1) is 17.1 Å². The predicted molar refractivity (Wildman–Crippen MR) is 166 cm³/mol. The number of anilines is 2. The van der Waals surface area contributed by atoms with Gasteiger partial charge in [0.2, 0.25) is 0 Å². The van der Waals surface area contributed by atoms with Gasteiger partial charge in [-0.2, -0.15) is 0 Å². The molecule has 3 unspecified atom stereocenters. The van der Waals surface area contributed by atoms with Crippen LogP contribution in [0, 0.1) is 24.2 Å². The lowest BCUT2D eigenvalue weighted by atomic mass is 9.80.